The monoisotopic (exact) mass is 319 g/mol. The van der Waals surface area contributed by atoms with Crippen LogP contribution in [-0.4, -0.2) is 58.3 Å². The fraction of sp³-hybridized carbons (Fsp3) is 0.600. The van der Waals surface area contributed by atoms with Gasteiger partial charge in [0, 0.05) is 44.6 Å². The number of hydrogen-bond donors (Lipinski definition) is 2. The molecule has 8 heteroatoms. The standard InChI is InChI=1S/C15H21N5O3/c1-19-9-15(8-13(19)23)2-4-20(5-3-15)12(22)7-10-6-11(21)18-14(16)17-10/h6H,2-5,7-9H2,1H3,(H3,16,17,18,21). The highest BCUT2D eigenvalue weighted by molar-refractivity contribution is 5.80. The SMILES string of the molecule is CN1CC2(CCN(C(=O)Cc3cc(=O)[nH]c(N)n3)CC2)CC1=O. The molecule has 1 aromatic rings. The number of aromatic amines is 1. The van der Waals surface area contributed by atoms with Crippen LogP contribution in [0.4, 0.5) is 5.95 Å². The number of rotatable bonds is 2. The van der Waals surface area contributed by atoms with Crippen LogP contribution < -0.4 is 11.3 Å². The van der Waals surface area contributed by atoms with E-state index in [1.165, 1.54) is 6.07 Å². The van der Waals surface area contributed by atoms with Gasteiger partial charge in [0.15, 0.2) is 0 Å². The predicted molar refractivity (Wildman–Crippen MR) is 83.5 cm³/mol. The maximum Gasteiger partial charge on any atom is 0.252 e. The molecule has 3 heterocycles. The number of nitrogens with one attached hydrogen (secondary N) is 1. The van der Waals surface area contributed by atoms with Gasteiger partial charge in [-0.2, -0.15) is 0 Å². The van der Waals surface area contributed by atoms with E-state index in [-0.39, 0.29) is 35.2 Å². The van der Waals surface area contributed by atoms with Gasteiger partial charge >= 0.3 is 0 Å². The number of carbonyl (C=O) groups is 2. The highest BCUT2D eigenvalue weighted by atomic mass is 16.2. The molecule has 1 spiro atoms. The molecular formula is C15H21N5O3. The maximum atomic E-state index is 12.4. The Morgan fingerprint density at radius 1 is 1.39 bits per heavy atom. The number of amides is 2. The molecule has 3 N–H and O–H groups in total. The van der Waals surface area contributed by atoms with Crippen molar-refractivity contribution < 1.29 is 9.59 Å². The number of carbonyl (C=O) groups excluding carboxylic acids is 2. The molecule has 2 saturated heterocycles. The summed E-state index contributed by atoms with van der Waals surface area (Å²) in [5, 5.41) is 0. The first-order valence-corrected chi connectivity index (χ1v) is 7.74. The van der Waals surface area contributed by atoms with Crippen molar-refractivity contribution in [2.45, 2.75) is 25.7 Å². The van der Waals surface area contributed by atoms with Gasteiger partial charge in [0.2, 0.25) is 17.8 Å². The zero-order valence-corrected chi connectivity index (χ0v) is 13.2. The Hall–Kier alpha value is -2.38. The average molecular weight is 319 g/mol. The predicted octanol–water partition coefficient (Wildman–Crippen LogP) is -0.634. The molecule has 0 aliphatic carbocycles. The molecule has 2 aliphatic rings. The Kier molecular flexibility index (Phi) is 3.83. The van der Waals surface area contributed by atoms with Gasteiger partial charge in [-0.05, 0) is 12.8 Å². The molecule has 8 nitrogen and oxygen atoms in total. The molecule has 1 aromatic heterocycles. The number of H-pyrrole nitrogens is 1. The zero-order valence-electron chi connectivity index (χ0n) is 13.2. The lowest BCUT2D eigenvalue weighted by Gasteiger charge is -2.38. The number of likely N-dealkylation sites (tertiary alicyclic amines) is 2. The van der Waals surface area contributed by atoms with E-state index in [1.807, 2.05) is 7.05 Å². The second-order valence-corrected chi connectivity index (χ2v) is 6.61. The van der Waals surface area contributed by atoms with E-state index in [1.54, 1.807) is 9.80 Å². The van der Waals surface area contributed by atoms with Crippen molar-refractivity contribution in [1.29, 1.82) is 0 Å². The summed E-state index contributed by atoms with van der Waals surface area (Å²) in [6.45, 7) is 2.05. The lowest BCUT2D eigenvalue weighted by molar-refractivity contribution is -0.132. The van der Waals surface area contributed by atoms with Crippen LogP contribution in [0.1, 0.15) is 25.0 Å². The van der Waals surface area contributed by atoms with E-state index in [0.717, 1.165) is 19.4 Å². The summed E-state index contributed by atoms with van der Waals surface area (Å²) in [5.74, 6) is 0.147. The van der Waals surface area contributed by atoms with Crippen LogP contribution in [0.2, 0.25) is 0 Å². The van der Waals surface area contributed by atoms with Crippen LogP contribution in [0.3, 0.4) is 0 Å². The Balaban J connectivity index is 1.60. The minimum absolute atomic E-state index is 0.0189. The third kappa shape index (κ3) is 3.20. The quantitative estimate of drug-likeness (QED) is 0.753. The number of nitrogens with two attached hydrogens (primary N) is 1. The first kappa shape index (κ1) is 15.5. The second-order valence-electron chi connectivity index (χ2n) is 6.61. The molecule has 124 valence electrons. The molecular weight excluding hydrogens is 298 g/mol. The van der Waals surface area contributed by atoms with Gasteiger partial charge in [0.05, 0.1) is 12.1 Å². The van der Waals surface area contributed by atoms with Crippen molar-refractivity contribution in [2.75, 3.05) is 32.4 Å². The Labute approximate surface area is 133 Å². The van der Waals surface area contributed by atoms with Crippen molar-refractivity contribution in [2.24, 2.45) is 5.41 Å². The van der Waals surface area contributed by atoms with E-state index in [9.17, 15) is 14.4 Å². The largest absolute Gasteiger partial charge is 0.369 e. The summed E-state index contributed by atoms with van der Waals surface area (Å²) in [4.78, 5) is 45.4. The molecule has 23 heavy (non-hydrogen) atoms. The zero-order chi connectivity index (χ0) is 16.6. The van der Waals surface area contributed by atoms with Gasteiger partial charge in [0.1, 0.15) is 0 Å². The van der Waals surface area contributed by atoms with Crippen LogP contribution in [0.25, 0.3) is 0 Å². The summed E-state index contributed by atoms with van der Waals surface area (Å²) in [6, 6.07) is 1.30. The molecule has 3 rings (SSSR count). The lowest BCUT2D eigenvalue weighted by Crippen LogP contribution is -2.44. The fourth-order valence-electron chi connectivity index (χ4n) is 3.55. The molecule has 0 radical (unpaired) electrons. The van der Waals surface area contributed by atoms with Gasteiger partial charge in [-0.3, -0.25) is 19.4 Å². The highest BCUT2D eigenvalue weighted by Crippen LogP contribution is 2.40. The minimum Gasteiger partial charge on any atom is -0.369 e. The van der Waals surface area contributed by atoms with E-state index in [0.29, 0.717) is 25.2 Å². The van der Waals surface area contributed by atoms with Gasteiger partial charge < -0.3 is 15.5 Å². The Morgan fingerprint density at radius 3 is 2.65 bits per heavy atom. The number of hydrogen-bond acceptors (Lipinski definition) is 5. The van der Waals surface area contributed by atoms with Gasteiger partial charge in [-0.15, -0.1) is 0 Å². The number of aromatic nitrogens is 2. The number of nitrogen functional groups attached to an aromatic ring is 1. The second kappa shape index (κ2) is 5.68. The topological polar surface area (TPSA) is 112 Å². The van der Waals surface area contributed by atoms with Gasteiger partial charge in [-0.25, -0.2) is 4.98 Å². The van der Waals surface area contributed by atoms with Crippen LogP contribution >= 0.6 is 0 Å². The minimum atomic E-state index is -0.356. The van der Waals surface area contributed by atoms with Crippen molar-refractivity contribution in [3.8, 4) is 0 Å². The van der Waals surface area contributed by atoms with Gasteiger partial charge in [-0.1, -0.05) is 0 Å². The summed E-state index contributed by atoms with van der Waals surface area (Å²) >= 11 is 0. The third-order valence-corrected chi connectivity index (χ3v) is 4.85. The molecule has 0 bridgehead atoms. The molecule has 2 amide bonds. The third-order valence-electron chi connectivity index (χ3n) is 4.85. The van der Waals surface area contributed by atoms with Gasteiger partial charge in [0.25, 0.3) is 5.56 Å². The average Bonchev–Trinajstić information content (AvgIpc) is 2.72. The number of anilines is 1. The van der Waals surface area contributed by atoms with E-state index < -0.39 is 0 Å². The van der Waals surface area contributed by atoms with Crippen molar-refractivity contribution in [3.05, 3.63) is 22.1 Å². The Bertz CT molecular complexity index is 691. The molecule has 2 fully saturated rings. The molecule has 0 saturated carbocycles. The van der Waals surface area contributed by atoms with Crippen molar-refractivity contribution in [3.63, 3.8) is 0 Å². The first-order chi connectivity index (χ1) is 10.9. The molecule has 0 unspecified atom stereocenters. The summed E-state index contributed by atoms with van der Waals surface area (Å²) in [5.41, 5.74) is 5.54. The van der Waals surface area contributed by atoms with E-state index >= 15 is 0 Å². The van der Waals surface area contributed by atoms with Crippen LogP contribution in [0.15, 0.2) is 10.9 Å². The molecule has 2 aliphatic heterocycles. The van der Waals surface area contributed by atoms with Crippen LogP contribution in [0, 0.1) is 5.41 Å². The Morgan fingerprint density at radius 2 is 2.09 bits per heavy atom. The van der Waals surface area contributed by atoms with Crippen molar-refractivity contribution >= 4 is 17.8 Å². The maximum absolute atomic E-state index is 12.4. The van der Waals surface area contributed by atoms with Crippen LogP contribution in [0.5, 0.6) is 0 Å². The molecule has 0 atom stereocenters. The fourth-order valence-corrected chi connectivity index (χ4v) is 3.55. The van der Waals surface area contributed by atoms with E-state index in [2.05, 4.69) is 9.97 Å². The molecule has 0 aromatic carbocycles. The number of nitrogens with zero attached hydrogens (tertiary/aromatic N) is 3. The highest BCUT2D eigenvalue weighted by Gasteiger charge is 2.44. The summed E-state index contributed by atoms with van der Waals surface area (Å²) in [6.07, 6.45) is 2.32. The summed E-state index contributed by atoms with van der Waals surface area (Å²) in [7, 11) is 1.83. The normalized spacial score (nSPS) is 20.3. The smallest absolute Gasteiger partial charge is 0.252 e. The first-order valence-electron chi connectivity index (χ1n) is 7.74. The summed E-state index contributed by atoms with van der Waals surface area (Å²) < 4.78 is 0. The van der Waals surface area contributed by atoms with Crippen LogP contribution in [-0.2, 0) is 16.0 Å². The van der Waals surface area contributed by atoms with E-state index in [4.69, 9.17) is 5.73 Å². The van der Waals surface area contributed by atoms with Crippen molar-refractivity contribution in [1.82, 2.24) is 19.8 Å². The lowest BCUT2D eigenvalue weighted by atomic mass is 9.77. The number of piperidine rings is 1.